The summed E-state index contributed by atoms with van der Waals surface area (Å²) in [5.41, 5.74) is 0.691. The van der Waals surface area contributed by atoms with Crippen LogP contribution in [0.4, 0.5) is 18.9 Å². The Hall–Kier alpha value is -3.57. The van der Waals surface area contributed by atoms with Crippen molar-refractivity contribution in [3.05, 3.63) is 94.0 Å². The first-order valence-corrected chi connectivity index (χ1v) is 15.1. The average molecular weight is 624 g/mol. The second-order valence-electron chi connectivity index (χ2n) is 9.75. The van der Waals surface area contributed by atoms with Crippen molar-refractivity contribution in [1.82, 2.24) is 10.2 Å². The summed E-state index contributed by atoms with van der Waals surface area (Å²) in [7, 11) is -4.54. The Kier molecular flexibility index (Phi) is 10.7. The molecule has 0 heterocycles. The second kappa shape index (κ2) is 13.6. The van der Waals surface area contributed by atoms with Gasteiger partial charge in [0.05, 0.1) is 21.2 Å². The minimum absolute atomic E-state index is 0.0199. The number of carbonyl (C=O) groups is 2. The maximum Gasteiger partial charge on any atom is 0.417 e. The molecule has 7 nitrogen and oxygen atoms in total. The highest BCUT2D eigenvalue weighted by Crippen LogP contribution is 2.38. The van der Waals surface area contributed by atoms with E-state index < -0.39 is 56.9 Å². The van der Waals surface area contributed by atoms with Crippen LogP contribution in [-0.2, 0) is 32.3 Å². The van der Waals surface area contributed by atoms with E-state index in [9.17, 15) is 31.2 Å². The first-order chi connectivity index (χ1) is 19.7. The number of nitrogens with one attached hydrogen (secondary N) is 1. The minimum atomic E-state index is -4.88. The third-order valence-electron chi connectivity index (χ3n) is 6.77. The van der Waals surface area contributed by atoms with Crippen LogP contribution in [0.3, 0.4) is 0 Å². The number of amides is 2. The zero-order valence-corrected chi connectivity index (χ0v) is 25.3. The highest BCUT2D eigenvalue weighted by Gasteiger charge is 2.37. The minimum Gasteiger partial charge on any atom is -0.355 e. The molecular weight excluding hydrogens is 591 g/mol. The van der Waals surface area contributed by atoms with Gasteiger partial charge in [0.15, 0.2) is 0 Å². The number of hydrogen-bond donors (Lipinski definition) is 1. The van der Waals surface area contributed by atoms with Gasteiger partial charge in [0, 0.05) is 13.1 Å². The molecule has 3 aromatic carbocycles. The van der Waals surface area contributed by atoms with Crippen molar-refractivity contribution in [1.29, 1.82) is 0 Å². The van der Waals surface area contributed by atoms with Gasteiger partial charge >= 0.3 is 6.18 Å². The number of benzene rings is 3. The number of sulfonamides is 1. The second-order valence-corrected chi connectivity index (χ2v) is 12.0. The van der Waals surface area contributed by atoms with E-state index in [1.54, 1.807) is 45.0 Å². The van der Waals surface area contributed by atoms with Crippen molar-refractivity contribution in [2.45, 2.75) is 57.8 Å². The molecule has 12 heteroatoms. The van der Waals surface area contributed by atoms with Crippen LogP contribution in [0.15, 0.2) is 71.6 Å². The van der Waals surface area contributed by atoms with Gasteiger partial charge in [0.2, 0.25) is 11.8 Å². The van der Waals surface area contributed by atoms with Crippen molar-refractivity contribution in [3.8, 4) is 0 Å². The fourth-order valence-electron chi connectivity index (χ4n) is 4.43. The molecule has 0 spiro atoms. The molecular formula is C30H33ClF3N3O4S. The molecule has 0 aromatic heterocycles. The number of likely N-dealkylation sites (N-methyl/N-ethyl adjacent to an activating group) is 1. The summed E-state index contributed by atoms with van der Waals surface area (Å²) < 4.78 is 69.7. The predicted octanol–water partition coefficient (Wildman–Crippen LogP) is 6.11. The van der Waals surface area contributed by atoms with Crippen molar-refractivity contribution in [2.24, 2.45) is 0 Å². The van der Waals surface area contributed by atoms with Crippen LogP contribution >= 0.6 is 11.6 Å². The smallest absolute Gasteiger partial charge is 0.355 e. The van der Waals surface area contributed by atoms with Gasteiger partial charge in [-0.25, -0.2) is 8.42 Å². The Labute approximate surface area is 249 Å². The molecule has 0 bridgehead atoms. The lowest BCUT2D eigenvalue weighted by Crippen LogP contribution is -2.52. The van der Waals surface area contributed by atoms with Gasteiger partial charge in [-0.2, -0.15) is 13.2 Å². The molecule has 0 aliphatic rings. The molecule has 1 atom stereocenters. The first-order valence-electron chi connectivity index (χ1n) is 13.3. The summed E-state index contributed by atoms with van der Waals surface area (Å²) in [6.45, 7) is 6.46. The maximum atomic E-state index is 14.0. The zero-order chi connectivity index (χ0) is 31.2. The van der Waals surface area contributed by atoms with Crippen LogP contribution in [0.1, 0.15) is 42.5 Å². The summed E-state index contributed by atoms with van der Waals surface area (Å²) in [5, 5.41) is 2.09. The van der Waals surface area contributed by atoms with E-state index in [1.807, 2.05) is 19.1 Å². The molecule has 1 N–H and O–H groups in total. The highest BCUT2D eigenvalue weighted by molar-refractivity contribution is 7.92. The predicted molar refractivity (Wildman–Crippen MR) is 157 cm³/mol. The van der Waals surface area contributed by atoms with E-state index in [0.29, 0.717) is 16.9 Å². The molecule has 3 aromatic rings. The Morgan fingerprint density at radius 3 is 2.19 bits per heavy atom. The van der Waals surface area contributed by atoms with Crippen LogP contribution in [0.25, 0.3) is 0 Å². The van der Waals surface area contributed by atoms with E-state index in [1.165, 1.54) is 17.0 Å². The van der Waals surface area contributed by atoms with Gasteiger partial charge in [-0.3, -0.25) is 13.9 Å². The van der Waals surface area contributed by atoms with E-state index in [0.717, 1.165) is 28.8 Å². The number of alkyl halides is 3. The molecule has 0 radical (unpaired) electrons. The van der Waals surface area contributed by atoms with Gasteiger partial charge in [-0.1, -0.05) is 60.5 Å². The van der Waals surface area contributed by atoms with Gasteiger partial charge in [0.25, 0.3) is 10.0 Å². The van der Waals surface area contributed by atoms with Crippen LogP contribution in [0.5, 0.6) is 0 Å². The number of carbonyl (C=O) groups excluding carboxylic acids is 2. The number of hydrogen-bond acceptors (Lipinski definition) is 4. The Balaban J connectivity index is 2.16. The van der Waals surface area contributed by atoms with Crippen LogP contribution in [0, 0.1) is 13.8 Å². The summed E-state index contributed by atoms with van der Waals surface area (Å²) in [6, 6.07) is 14.6. The monoisotopic (exact) mass is 623 g/mol. The lowest BCUT2D eigenvalue weighted by Gasteiger charge is -2.33. The van der Waals surface area contributed by atoms with Gasteiger partial charge < -0.3 is 10.2 Å². The van der Waals surface area contributed by atoms with E-state index >= 15 is 0 Å². The third-order valence-corrected chi connectivity index (χ3v) is 8.89. The Morgan fingerprint density at radius 2 is 1.62 bits per heavy atom. The molecule has 0 aliphatic heterocycles. The fourth-order valence-corrected chi connectivity index (χ4v) is 6.07. The van der Waals surface area contributed by atoms with Gasteiger partial charge in [0.1, 0.15) is 12.6 Å². The Morgan fingerprint density at radius 1 is 0.976 bits per heavy atom. The zero-order valence-electron chi connectivity index (χ0n) is 23.7. The normalized spacial score (nSPS) is 12.5. The number of nitrogens with zero attached hydrogens (tertiary/aromatic N) is 2. The SMILES string of the molecule is CCNC(=O)C(CC)N(Cc1ccccc1C)C(=O)CN(c1ccc(Cl)c(C(F)(F)F)c1)S(=O)(=O)c1ccc(C)cc1. The van der Waals surface area contributed by atoms with E-state index in [-0.39, 0.29) is 17.9 Å². The van der Waals surface area contributed by atoms with Crippen molar-refractivity contribution >= 4 is 39.1 Å². The lowest BCUT2D eigenvalue weighted by molar-refractivity contribution is -0.140. The molecule has 226 valence electrons. The van der Waals surface area contributed by atoms with Gasteiger partial charge in [-0.15, -0.1) is 0 Å². The number of anilines is 1. The standard InChI is InChI=1S/C30H33ClF3N3O4S/c1-5-27(29(39)35-6-2)36(18-22-10-8-7-9-21(22)4)28(38)19-37(42(40,41)24-14-11-20(3)12-15-24)23-13-16-26(31)25(17-23)30(32,33)34/h7-17,27H,5-6,18-19H2,1-4H3,(H,35,39). The fraction of sp³-hybridized carbons (Fsp3) is 0.333. The molecule has 0 aliphatic carbocycles. The summed E-state index contributed by atoms with van der Waals surface area (Å²) in [6.07, 6.45) is -4.66. The van der Waals surface area contributed by atoms with Crippen LogP contribution in [-0.4, -0.2) is 44.3 Å². The van der Waals surface area contributed by atoms with Crippen LogP contribution < -0.4 is 9.62 Å². The summed E-state index contributed by atoms with van der Waals surface area (Å²) in [5.74, 6) is -1.20. The quantitative estimate of drug-likeness (QED) is 0.279. The van der Waals surface area contributed by atoms with Crippen molar-refractivity contribution in [2.75, 3.05) is 17.4 Å². The Bertz CT molecular complexity index is 1530. The van der Waals surface area contributed by atoms with Crippen molar-refractivity contribution in [3.63, 3.8) is 0 Å². The summed E-state index contributed by atoms with van der Waals surface area (Å²) >= 11 is 5.81. The molecule has 0 fully saturated rings. The molecule has 0 saturated carbocycles. The number of rotatable bonds is 11. The molecule has 42 heavy (non-hydrogen) atoms. The molecule has 1 unspecified atom stereocenters. The molecule has 3 rings (SSSR count). The summed E-state index contributed by atoms with van der Waals surface area (Å²) in [4.78, 5) is 28.1. The highest BCUT2D eigenvalue weighted by atomic mass is 35.5. The third kappa shape index (κ3) is 7.63. The van der Waals surface area contributed by atoms with Gasteiger partial charge in [-0.05, 0) is 68.7 Å². The molecule has 2 amide bonds. The lowest BCUT2D eigenvalue weighted by atomic mass is 10.1. The largest absolute Gasteiger partial charge is 0.417 e. The van der Waals surface area contributed by atoms with E-state index in [2.05, 4.69) is 5.32 Å². The van der Waals surface area contributed by atoms with Crippen molar-refractivity contribution < 1.29 is 31.2 Å². The maximum absolute atomic E-state index is 14.0. The number of aryl methyl sites for hydroxylation is 2. The van der Waals surface area contributed by atoms with Crippen LogP contribution in [0.2, 0.25) is 5.02 Å². The average Bonchev–Trinajstić information content (AvgIpc) is 2.92. The molecule has 0 saturated heterocycles. The van der Waals surface area contributed by atoms with E-state index in [4.69, 9.17) is 11.6 Å². The first kappa shape index (κ1) is 32.9. The number of halogens is 4. The topological polar surface area (TPSA) is 86.8 Å².